The normalized spacial score (nSPS) is 17.3. The molecule has 25 heavy (non-hydrogen) atoms. The van der Waals surface area contributed by atoms with Crippen LogP contribution in [0.4, 0.5) is 5.69 Å². The van der Waals surface area contributed by atoms with Crippen LogP contribution in [-0.4, -0.2) is 32.9 Å². The molecule has 0 aliphatic carbocycles. The van der Waals surface area contributed by atoms with Crippen LogP contribution in [0.2, 0.25) is 0 Å². The Labute approximate surface area is 156 Å². The van der Waals surface area contributed by atoms with Crippen LogP contribution in [0.15, 0.2) is 45.1 Å². The van der Waals surface area contributed by atoms with E-state index < -0.39 is 22.0 Å². The summed E-state index contributed by atoms with van der Waals surface area (Å²) in [7, 11) is -3.84. The molecule has 1 saturated heterocycles. The molecule has 132 valence electrons. The number of amides is 1. The van der Waals surface area contributed by atoms with Crippen LogP contribution in [0.25, 0.3) is 0 Å². The number of nitrogens with one attached hydrogen (secondary N) is 2. The van der Waals surface area contributed by atoms with Gasteiger partial charge in [0.1, 0.15) is 6.04 Å². The second kappa shape index (κ2) is 7.24. The van der Waals surface area contributed by atoms with Gasteiger partial charge < -0.3 is 10.1 Å². The average Bonchev–Trinajstić information content (AvgIpc) is 3.17. The molecule has 1 aromatic heterocycles. The summed E-state index contributed by atoms with van der Waals surface area (Å²) in [4.78, 5) is 24.0. The predicted octanol–water partition coefficient (Wildman–Crippen LogP) is 2.36. The van der Waals surface area contributed by atoms with Crippen molar-refractivity contribution in [2.75, 3.05) is 11.9 Å². The number of hydrogen-bond donors (Lipinski definition) is 2. The first-order chi connectivity index (χ1) is 11.8. The maximum Gasteiger partial charge on any atom is 0.324 e. The van der Waals surface area contributed by atoms with Gasteiger partial charge in [0.05, 0.1) is 20.2 Å². The van der Waals surface area contributed by atoms with Crippen molar-refractivity contribution < 1.29 is 22.7 Å². The van der Waals surface area contributed by atoms with Crippen molar-refractivity contribution in [2.45, 2.75) is 17.4 Å². The largest absolute Gasteiger partial charge is 0.464 e. The molecule has 0 saturated carbocycles. The van der Waals surface area contributed by atoms with Crippen molar-refractivity contribution >= 4 is 54.9 Å². The van der Waals surface area contributed by atoms with Crippen molar-refractivity contribution in [3.63, 3.8) is 0 Å². The topological polar surface area (TPSA) is 102 Å². The molecule has 1 aliphatic rings. The number of ether oxygens (including phenoxy) is 1. The maximum atomic E-state index is 12.3. The lowest BCUT2D eigenvalue weighted by Crippen LogP contribution is -2.37. The van der Waals surface area contributed by atoms with Crippen LogP contribution in [0.3, 0.4) is 0 Å². The second-order valence-corrected chi connectivity index (χ2v) is 9.39. The number of anilines is 1. The number of esters is 1. The molecule has 1 aliphatic heterocycles. The standard InChI is InChI=1S/C15H13BrN2O5S2/c16-13-6-5-12(24-13)14(19)17-9-1-3-10(4-2-9)25(21,22)18-11-7-8-23-15(11)20/h1-6,11,18H,7-8H2,(H,17,19). The van der Waals surface area contributed by atoms with Gasteiger partial charge in [0, 0.05) is 12.1 Å². The van der Waals surface area contributed by atoms with Gasteiger partial charge in [-0.1, -0.05) is 0 Å². The van der Waals surface area contributed by atoms with Crippen LogP contribution in [-0.2, 0) is 19.6 Å². The molecule has 0 spiro atoms. The van der Waals surface area contributed by atoms with Crippen LogP contribution < -0.4 is 10.0 Å². The Kier molecular flexibility index (Phi) is 5.23. The van der Waals surface area contributed by atoms with Gasteiger partial charge in [-0.2, -0.15) is 4.72 Å². The third kappa shape index (κ3) is 4.27. The van der Waals surface area contributed by atoms with Crippen LogP contribution in [0.5, 0.6) is 0 Å². The minimum Gasteiger partial charge on any atom is -0.464 e. The lowest BCUT2D eigenvalue weighted by atomic mass is 10.3. The summed E-state index contributed by atoms with van der Waals surface area (Å²) in [6.45, 7) is 0.204. The summed E-state index contributed by atoms with van der Waals surface area (Å²) in [5.41, 5.74) is 0.466. The lowest BCUT2D eigenvalue weighted by Gasteiger charge is -2.10. The highest BCUT2D eigenvalue weighted by atomic mass is 79.9. The van der Waals surface area contributed by atoms with Crippen molar-refractivity contribution in [3.05, 3.63) is 45.1 Å². The Bertz CT molecular complexity index is 908. The lowest BCUT2D eigenvalue weighted by molar-refractivity contribution is -0.139. The fourth-order valence-electron chi connectivity index (χ4n) is 2.20. The van der Waals surface area contributed by atoms with Gasteiger partial charge in [-0.15, -0.1) is 11.3 Å². The molecule has 2 heterocycles. The zero-order chi connectivity index (χ0) is 18.0. The van der Waals surface area contributed by atoms with E-state index in [4.69, 9.17) is 4.74 Å². The Hall–Kier alpha value is -1.75. The van der Waals surface area contributed by atoms with E-state index in [2.05, 4.69) is 26.0 Å². The fourth-order valence-corrected chi connectivity index (χ4v) is 4.71. The van der Waals surface area contributed by atoms with Gasteiger partial charge >= 0.3 is 5.97 Å². The van der Waals surface area contributed by atoms with Crippen molar-refractivity contribution in [2.24, 2.45) is 0 Å². The molecule has 1 fully saturated rings. The molecule has 0 radical (unpaired) electrons. The van der Waals surface area contributed by atoms with Gasteiger partial charge in [-0.05, 0) is 52.3 Å². The van der Waals surface area contributed by atoms with Crippen LogP contribution >= 0.6 is 27.3 Å². The first kappa shape index (κ1) is 18.1. The third-order valence-corrected chi connectivity index (χ3v) is 6.56. The molecule has 1 amide bonds. The van der Waals surface area contributed by atoms with E-state index in [1.54, 1.807) is 12.1 Å². The second-order valence-electron chi connectivity index (χ2n) is 5.21. The van der Waals surface area contributed by atoms with Gasteiger partial charge in [0.2, 0.25) is 10.0 Å². The highest BCUT2D eigenvalue weighted by molar-refractivity contribution is 9.11. The molecule has 1 unspecified atom stereocenters. The van der Waals surface area contributed by atoms with E-state index >= 15 is 0 Å². The number of cyclic esters (lactones) is 1. The SMILES string of the molecule is O=C(Nc1ccc(S(=O)(=O)NC2CCOC2=O)cc1)c1ccc(Br)s1. The molecule has 0 bridgehead atoms. The third-order valence-electron chi connectivity index (χ3n) is 3.45. The number of rotatable bonds is 5. The number of carbonyl (C=O) groups excluding carboxylic acids is 2. The quantitative estimate of drug-likeness (QED) is 0.689. The Morgan fingerprint density at radius 2 is 1.92 bits per heavy atom. The summed E-state index contributed by atoms with van der Waals surface area (Å²) in [5, 5.41) is 2.69. The van der Waals surface area contributed by atoms with Crippen molar-refractivity contribution in [1.29, 1.82) is 0 Å². The molecule has 7 nitrogen and oxygen atoms in total. The molecular weight excluding hydrogens is 432 g/mol. The van der Waals surface area contributed by atoms with Crippen molar-refractivity contribution in [3.8, 4) is 0 Å². The fraction of sp³-hybridized carbons (Fsp3) is 0.200. The first-order valence-corrected chi connectivity index (χ1v) is 10.3. The van der Waals surface area contributed by atoms with E-state index in [9.17, 15) is 18.0 Å². The number of carbonyl (C=O) groups is 2. The molecule has 10 heteroatoms. The zero-order valence-electron chi connectivity index (χ0n) is 12.7. The van der Waals surface area contributed by atoms with Crippen LogP contribution in [0, 0.1) is 0 Å². The average molecular weight is 445 g/mol. The Morgan fingerprint density at radius 3 is 2.48 bits per heavy atom. The highest BCUT2D eigenvalue weighted by Gasteiger charge is 2.31. The zero-order valence-corrected chi connectivity index (χ0v) is 15.9. The van der Waals surface area contributed by atoms with Gasteiger partial charge in [0.25, 0.3) is 5.91 Å². The summed E-state index contributed by atoms with van der Waals surface area (Å²) in [6, 6.07) is 8.30. The summed E-state index contributed by atoms with van der Waals surface area (Å²) in [6.07, 6.45) is 0.308. The van der Waals surface area contributed by atoms with Crippen molar-refractivity contribution in [1.82, 2.24) is 4.72 Å². The molecule has 3 rings (SSSR count). The minimum atomic E-state index is -3.84. The summed E-state index contributed by atoms with van der Waals surface area (Å²) in [5.74, 6) is -0.854. The first-order valence-electron chi connectivity index (χ1n) is 7.21. The van der Waals surface area contributed by atoms with E-state index in [0.717, 1.165) is 3.79 Å². The maximum absolute atomic E-state index is 12.3. The molecular formula is C15H13BrN2O5S2. The van der Waals surface area contributed by atoms with E-state index in [0.29, 0.717) is 17.0 Å². The number of benzene rings is 1. The molecule has 2 aromatic rings. The number of halogens is 1. The van der Waals surface area contributed by atoms with Crippen LogP contribution in [0.1, 0.15) is 16.1 Å². The summed E-state index contributed by atoms with van der Waals surface area (Å²) >= 11 is 4.58. The summed E-state index contributed by atoms with van der Waals surface area (Å²) < 4.78 is 32.5. The Morgan fingerprint density at radius 1 is 1.20 bits per heavy atom. The van der Waals surface area contributed by atoms with Gasteiger partial charge in [-0.25, -0.2) is 8.42 Å². The number of hydrogen-bond acceptors (Lipinski definition) is 6. The van der Waals surface area contributed by atoms with E-state index in [1.807, 2.05) is 0 Å². The predicted molar refractivity (Wildman–Crippen MR) is 96.1 cm³/mol. The number of sulfonamides is 1. The Balaban J connectivity index is 1.69. The molecule has 1 atom stereocenters. The van der Waals surface area contributed by atoms with Gasteiger partial charge in [0.15, 0.2) is 0 Å². The monoisotopic (exact) mass is 444 g/mol. The molecule has 2 N–H and O–H groups in total. The highest BCUT2D eigenvalue weighted by Crippen LogP contribution is 2.23. The number of thiophene rings is 1. The minimum absolute atomic E-state index is 0.00377. The van der Waals surface area contributed by atoms with E-state index in [1.165, 1.54) is 35.6 Å². The van der Waals surface area contributed by atoms with Gasteiger partial charge in [-0.3, -0.25) is 9.59 Å². The molecule has 1 aromatic carbocycles. The smallest absolute Gasteiger partial charge is 0.324 e. The van der Waals surface area contributed by atoms with E-state index in [-0.39, 0.29) is 17.4 Å².